The van der Waals surface area contributed by atoms with Crippen molar-refractivity contribution in [2.24, 2.45) is 0 Å². The molecule has 0 unspecified atom stereocenters. The molecular formula is C16H12F3N5O2. The van der Waals surface area contributed by atoms with Gasteiger partial charge in [-0.3, -0.25) is 10.1 Å². The normalized spacial score (nSPS) is 11.2. The lowest BCUT2D eigenvalue weighted by atomic mass is 10.1. The van der Waals surface area contributed by atoms with Gasteiger partial charge in [0.2, 0.25) is 0 Å². The molecule has 0 aliphatic heterocycles. The summed E-state index contributed by atoms with van der Waals surface area (Å²) in [6, 6.07) is 11.7. The third kappa shape index (κ3) is 4.15. The number of aromatic nitrogens is 4. The highest BCUT2D eigenvalue weighted by atomic mass is 19.4. The molecule has 1 amide bonds. The van der Waals surface area contributed by atoms with Crippen LogP contribution in [0.15, 0.2) is 48.5 Å². The number of amides is 1. The highest BCUT2D eigenvalue weighted by molar-refractivity contribution is 6.05. The van der Waals surface area contributed by atoms with E-state index in [-0.39, 0.29) is 23.9 Å². The molecule has 0 bridgehead atoms. The Morgan fingerprint density at radius 1 is 1.15 bits per heavy atom. The standard InChI is InChI=1S/C16H12F3N5O2/c17-16(18,19)11-6-7-13(26-9-10-4-2-1-3-5-10)12(8-11)14(25)20-15-21-23-24-22-15/h1-8H,9H2,(H2,20,21,22,23,24,25). The number of ether oxygens (including phenoxy) is 1. The molecule has 0 fully saturated rings. The second-order valence-electron chi connectivity index (χ2n) is 5.17. The van der Waals surface area contributed by atoms with Crippen molar-refractivity contribution >= 4 is 11.9 Å². The number of nitrogens with zero attached hydrogens (tertiary/aromatic N) is 3. The molecule has 1 heterocycles. The lowest BCUT2D eigenvalue weighted by Gasteiger charge is -2.14. The van der Waals surface area contributed by atoms with Gasteiger partial charge in [-0.25, -0.2) is 0 Å². The number of benzene rings is 2. The number of tetrazole rings is 1. The molecule has 26 heavy (non-hydrogen) atoms. The molecule has 134 valence electrons. The smallest absolute Gasteiger partial charge is 0.416 e. The fourth-order valence-corrected chi connectivity index (χ4v) is 2.13. The Morgan fingerprint density at radius 3 is 2.58 bits per heavy atom. The van der Waals surface area contributed by atoms with Crippen LogP contribution in [-0.2, 0) is 12.8 Å². The lowest BCUT2D eigenvalue weighted by Crippen LogP contribution is -2.16. The molecule has 0 radical (unpaired) electrons. The van der Waals surface area contributed by atoms with Crippen LogP contribution in [0.25, 0.3) is 0 Å². The zero-order chi connectivity index (χ0) is 18.6. The predicted octanol–water partition coefficient (Wildman–Crippen LogP) is 3.05. The summed E-state index contributed by atoms with van der Waals surface area (Å²) in [5.74, 6) is -1.01. The topological polar surface area (TPSA) is 92.8 Å². The largest absolute Gasteiger partial charge is 0.488 e. The fourth-order valence-electron chi connectivity index (χ4n) is 2.13. The Balaban J connectivity index is 1.88. The zero-order valence-corrected chi connectivity index (χ0v) is 13.1. The van der Waals surface area contributed by atoms with Gasteiger partial charge < -0.3 is 4.74 Å². The summed E-state index contributed by atoms with van der Waals surface area (Å²) < 4.78 is 44.5. The third-order valence-electron chi connectivity index (χ3n) is 3.36. The summed E-state index contributed by atoms with van der Waals surface area (Å²) in [5.41, 5.74) is -0.458. The first-order valence-corrected chi connectivity index (χ1v) is 7.36. The van der Waals surface area contributed by atoms with Gasteiger partial charge >= 0.3 is 6.18 Å². The van der Waals surface area contributed by atoms with Gasteiger partial charge in [0, 0.05) is 0 Å². The maximum Gasteiger partial charge on any atom is 0.416 e. The number of anilines is 1. The Bertz CT molecular complexity index is 883. The first-order valence-electron chi connectivity index (χ1n) is 7.36. The van der Waals surface area contributed by atoms with Crippen LogP contribution in [-0.4, -0.2) is 26.5 Å². The number of hydrogen-bond acceptors (Lipinski definition) is 5. The van der Waals surface area contributed by atoms with Crippen LogP contribution in [0.4, 0.5) is 19.1 Å². The average molecular weight is 363 g/mol. The van der Waals surface area contributed by atoms with Crippen molar-refractivity contribution in [3.05, 3.63) is 65.2 Å². The van der Waals surface area contributed by atoms with E-state index in [2.05, 4.69) is 25.9 Å². The molecule has 2 aromatic carbocycles. The van der Waals surface area contributed by atoms with Gasteiger partial charge in [-0.2, -0.15) is 18.4 Å². The number of hydrogen-bond donors (Lipinski definition) is 2. The van der Waals surface area contributed by atoms with Crippen molar-refractivity contribution in [2.75, 3.05) is 5.32 Å². The van der Waals surface area contributed by atoms with E-state index in [1.165, 1.54) is 0 Å². The second-order valence-corrected chi connectivity index (χ2v) is 5.17. The van der Waals surface area contributed by atoms with E-state index in [1.54, 1.807) is 24.3 Å². The SMILES string of the molecule is O=C(Nc1nn[nH]n1)c1cc(C(F)(F)F)ccc1OCc1ccccc1. The monoisotopic (exact) mass is 363 g/mol. The van der Waals surface area contributed by atoms with Gasteiger partial charge in [-0.1, -0.05) is 35.4 Å². The molecule has 1 aromatic heterocycles. The van der Waals surface area contributed by atoms with Crippen LogP contribution in [0.3, 0.4) is 0 Å². The summed E-state index contributed by atoms with van der Waals surface area (Å²) in [6.07, 6.45) is -4.60. The number of nitrogens with one attached hydrogen (secondary N) is 2. The van der Waals surface area contributed by atoms with Gasteiger partial charge in [-0.05, 0) is 29.0 Å². The van der Waals surface area contributed by atoms with Gasteiger partial charge in [0.15, 0.2) is 0 Å². The van der Waals surface area contributed by atoms with Crippen LogP contribution in [0, 0.1) is 0 Å². The van der Waals surface area contributed by atoms with Crippen molar-refractivity contribution in [3.8, 4) is 5.75 Å². The average Bonchev–Trinajstić information content (AvgIpc) is 3.13. The number of H-pyrrole nitrogens is 1. The number of alkyl halides is 3. The van der Waals surface area contributed by atoms with Crippen molar-refractivity contribution in [1.82, 2.24) is 20.6 Å². The summed E-state index contributed by atoms with van der Waals surface area (Å²) in [7, 11) is 0. The molecule has 0 aliphatic rings. The van der Waals surface area contributed by atoms with Crippen molar-refractivity contribution < 1.29 is 22.7 Å². The van der Waals surface area contributed by atoms with E-state index < -0.39 is 17.6 Å². The molecule has 3 aromatic rings. The van der Waals surface area contributed by atoms with Crippen molar-refractivity contribution in [3.63, 3.8) is 0 Å². The van der Waals surface area contributed by atoms with E-state index in [9.17, 15) is 18.0 Å². The van der Waals surface area contributed by atoms with Gasteiger partial charge in [0.25, 0.3) is 11.9 Å². The fraction of sp³-hybridized carbons (Fsp3) is 0.125. The first-order chi connectivity index (χ1) is 12.4. The highest BCUT2D eigenvalue weighted by Gasteiger charge is 2.32. The maximum atomic E-state index is 13.0. The molecule has 0 aliphatic carbocycles. The van der Waals surface area contributed by atoms with Crippen LogP contribution < -0.4 is 10.1 Å². The summed E-state index contributed by atoms with van der Waals surface area (Å²) in [6.45, 7) is 0.0920. The van der Waals surface area contributed by atoms with E-state index >= 15 is 0 Å². The molecule has 7 nitrogen and oxygen atoms in total. The number of halogens is 3. The maximum absolute atomic E-state index is 13.0. The van der Waals surface area contributed by atoms with Crippen LogP contribution in [0.1, 0.15) is 21.5 Å². The lowest BCUT2D eigenvalue weighted by molar-refractivity contribution is -0.137. The molecule has 0 saturated heterocycles. The predicted molar refractivity (Wildman–Crippen MR) is 84.3 cm³/mol. The van der Waals surface area contributed by atoms with Crippen LogP contribution in [0.5, 0.6) is 5.75 Å². The van der Waals surface area contributed by atoms with E-state index in [4.69, 9.17) is 4.74 Å². The molecular weight excluding hydrogens is 351 g/mol. The van der Waals surface area contributed by atoms with Crippen molar-refractivity contribution in [2.45, 2.75) is 12.8 Å². The minimum atomic E-state index is -4.60. The Kier molecular flexibility index (Phi) is 4.83. The zero-order valence-electron chi connectivity index (χ0n) is 13.1. The quantitative estimate of drug-likeness (QED) is 0.727. The van der Waals surface area contributed by atoms with Crippen LogP contribution >= 0.6 is 0 Å². The highest BCUT2D eigenvalue weighted by Crippen LogP contribution is 2.33. The van der Waals surface area contributed by atoms with E-state index in [0.717, 1.165) is 23.8 Å². The number of aromatic amines is 1. The number of carbonyl (C=O) groups is 1. The Labute approximate surface area is 145 Å². The number of carbonyl (C=O) groups excluding carboxylic acids is 1. The molecule has 0 saturated carbocycles. The first kappa shape index (κ1) is 17.4. The van der Waals surface area contributed by atoms with Crippen molar-refractivity contribution in [1.29, 1.82) is 0 Å². The summed E-state index contributed by atoms with van der Waals surface area (Å²) >= 11 is 0. The minimum absolute atomic E-state index is 0.00264. The summed E-state index contributed by atoms with van der Waals surface area (Å²) in [5, 5.41) is 14.7. The molecule has 0 spiro atoms. The third-order valence-corrected chi connectivity index (χ3v) is 3.36. The van der Waals surface area contributed by atoms with Gasteiger partial charge in [-0.15, -0.1) is 5.10 Å². The Morgan fingerprint density at radius 2 is 1.92 bits per heavy atom. The second kappa shape index (κ2) is 7.21. The molecule has 2 N–H and O–H groups in total. The Hall–Kier alpha value is -3.43. The number of rotatable bonds is 5. The van der Waals surface area contributed by atoms with E-state index in [0.29, 0.717) is 0 Å². The van der Waals surface area contributed by atoms with Gasteiger partial charge in [0.05, 0.1) is 11.1 Å². The molecule has 0 atom stereocenters. The van der Waals surface area contributed by atoms with Crippen LogP contribution in [0.2, 0.25) is 0 Å². The van der Waals surface area contributed by atoms with Gasteiger partial charge in [0.1, 0.15) is 12.4 Å². The molecule has 10 heteroatoms. The molecule has 3 rings (SSSR count). The van der Waals surface area contributed by atoms with E-state index in [1.807, 2.05) is 6.07 Å². The summed E-state index contributed by atoms with van der Waals surface area (Å²) in [4.78, 5) is 12.3. The minimum Gasteiger partial charge on any atom is -0.488 e.